The van der Waals surface area contributed by atoms with Crippen molar-refractivity contribution < 1.29 is 14.4 Å². The van der Waals surface area contributed by atoms with Gasteiger partial charge in [-0.2, -0.15) is 0 Å². The monoisotopic (exact) mass is 312 g/mol. The van der Waals surface area contributed by atoms with Crippen LogP contribution in [0.25, 0.3) is 0 Å². The zero-order valence-corrected chi connectivity index (χ0v) is 12.4. The van der Waals surface area contributed by atoms with Gasteiger partial charge >= 0.3 is 6.03 Å². The molecule has 0 radical (unpaired) electrons. The number of benzene rings is 2. The second-order valence-electron chi connectivity index (χ2n) is 4.78. The third-order valence-electron chi connectivity index (χ3n) is 2.86. The maximum atomic E-state index is 12.2. The van der Waals surface area contributed by atoms with Gasteiger partial charge in [0, 0.05) is 29.5 Å². The third-order valence-corrected chi connectivity index (χ3v) is 2.86. The van der Waals surface area contributed by atoms with E-state index in [9.17, 15) is 14.4 Å². The molecule has 0 aliphatic carbocycles. The number of rotatable bonds is 4. The number of hydrogen-bond donors (Lipinski definition) is 4. The van der Waals surface area contributed by atoms with Crippen LogP contribution < -0.4 is 21.7 Å². The highest BCUT2D eigenvalue weighted by atomic mass is 16.2. The average Bonchev–Trinajstić information content (AvgIpc) is 2.47. The molecule has 5 N–H and O–H groups in total. The van der Waals surface area contributed by atoms with Crippen LogP contribution in [-0.4, -0.2) is 17.8 Å². The summed E-state index contributed by atoms with van der Waals surface area (Å²) in [6.07, 6.45) is 0. The first kappa shape index (κ1) is 16.0. The molecule has 0 saturated carbocycles. The minimum Gasteiger partial charge on any atom is -0.351 e. The summed E-state index contributed by atoms with van der Waals surface area (Å²) in [6, 6.07) is 12.4. The molecule has 7 heteroatoms. The Labute approximate surface area is 132 Å². The zero-order chi connectivity index (χ0) is 16.8. The van der Waals surface area contributed by atoms with E-state index in [1.54, 1.807) is 48.5 Å². The summed E-state index contributed by atoms with van der Waals surface area (Å²) in [4.78, 5) is 33.9. The fraction of sp³-hybridized carbons (Fsp3) is 0.0625. The fourth-order valence-electron chi connectivity index (χ4n) is 1.93. The summed E-state index contributed by atoms with van der Waals surface area (Å²) in [6.45, 7) is 1.41. The van der Waals surface area contributed by atoms with E-state index in [2.05, 4.69) is 16.0 Å². The molecular formula is C16H16N4O3. The number of primary amides is 1. The normalized spacial score (nSPS) is 9.78. The van der Waals surface area contributed by atoms with Crippen LogP contribution in [0.1, 0.15) is 17.3 Å². The first-order valence-electron chi connectivity index (χ1n) is 6.79. The Morgan fingerprint density at radius 2 is 1.43 bits per heavy atom. The molecule has 118 valence electrons. The quantitative estimate of drug-likeness (QED) is 0.695. The van der Waals surface area contributed by atoms with Gasteiger partial charge in [-0.25, -0.2) is 4.79 Å². The Kier molecular flexibility index (Phi) is 4.93. The highest BCUT2D eigenvalue weighted by molar-refractivity contribution is 6.05. The molecule has 2 rings (SSSR count). The van der Waals surface area contributed by atoms with Crippen molar-refractivity contribution in [2.24, 2.45) is 5.73 Å². The van der Waals surface area contributed by atoms with Gasteiger partial charge in [-0.15, -0.1) is 0 Å². The molecule has 23 heavy (non-hydrogen) atoms. The highest BCUT2D eigenvalue weighted by Crippen LogP contribution is 2.17. The first-order valence-corrected chi connectivity index (χ1v) is 6.79. The SMILES string of the molecule is CC(=O)Nc1ccc(C(=O)Nc2cccc(NC(N)=O)c2)cc1. The topological polar surface area (TPSA) is 113 Å². The third kappa shape index (κ3) is 4.85. The Hall–Kier alpha value is -3.35. The predicted molar refractivity (Wildman–Crippen MR) is 88.3 cm³/mol. The van der Waals surface area contributed by atoms with Crippen LogP contribution in [0.3, 0.4) is 0 Å². The van der Waals surface area contributed by atoms with E-state index >= 15 is 0 Å². The molecule has 2 aromatic rings. The lowest BCUT2D eigenvalue weighted by Gasteiger charge is -2.08. The number of amides is 4. The van der Waals surface area contributed by atoms with Crippen molar-refractivity contribution in [2.75, 3.05) is 16.0 Å². The lowest BCUT2D eigenvalue weighted by molar-refractivity contribution is -0.114. The molecule has 0 aliphatic rings. The number of hydrogen-bond acceptors (Lipinski definition) is 3. The second kappa shape index (κ2) is 7.08. The van der Waals surface area contributed by atoms with E-state index < -0.39 is 6.03 Å². The smallest absolute Gasteiger partial charge is 0.316 e. The summed E-state index contributed by atoms with van der Waals surface area (Å²) in [5, 5.41) is 7.77. The van der Waals surface area contributed by atoms with E-state index in [1.807, 2.05) is 0 Å². The Morgan fingerprint density at radius 1 is 0.826 bits per heavy atom. The van der Waals surface area contributed by atoms with Crippen molar-refractivity contribution in [2.45, 2.75) is 6.92 Å². The van der Waals surface area contributed by atoms with Gasteiger partial charge in [-0.1, -0.05) is 6.07 Å². The Morgan fingerprint density at radius 3 is 2.00 bits per heavy atom. The summed E-state index contributed by atoms with van der Waals surface area (Å²) in [5.41, 5.74) is 7.10. The standard InChI is InChI=1S/C16H16N4O3/c1-10(21)18-12-7-5-11(6-8-12)15(22)19-13-3-2-4-14(9-13)20-16(17)23/h2-9H,1H3,(H,18,21)(H,19,22)(H3,17,20,23). The van der Waals surface area contributed by atoms with Crippen molar-refractivity contribution in [3.05, 3.63) is 54.1 Å². The van der Waals surface area contributed by atoms with E-state index in [-0.39, 0.29) is 11.8 Å². The lowest BCUT2D eigenvalue weighted by Crippen LogP contribution is -2.19. The van der Waals surface area contributed by atoms with Crippen molar-refractivity contribution >= 4 is 34.9 Å². The van der Waals surface area contributed by atoms with Crippen molar-refractivity contribution in [1.82, 2.24) is 0 Å². The second-order valence-corrected chi connectivity index (χ2v) is 4.78. The number of anilines is 3. The molecule has 0 unspecified atom stereocenters. The number of nitrogens with two attached hydrogens (primary N) is 1. The van der Waals surface area contributed by atoms with Gasteiger partial charge in [0.2, 0.25) is 5.91 Å². The van der Waals surface area contributed by atoms with E-state index in [4.69, 9.17) is 5.73 Å². The van der Waals surface area contributed by atoms with Gasteiger partial charge in [0.1, 0.15) is 0 Å². The molecular weight excluding hydrogens is 296 g/mol. The van der Waals surface area contributed by atoms with Crippen LogP contribution in [0.4, 0.5) is 21.9 Å². The molecule has 4 amide bonds. The van der Waals surface area contributed by atoms with Gasteiger partial charge in [0.05, 0.1) is 0 Å². The maximum Gasteiger partial charge on any atom is 0.316 e. The van der Waals surface area contributed by atoms with Crippen LogP contribution >= 0.6 is 0 Å². The van der Waals surface area contributed by atoms with E-state index in [1.165, 1.54) is 6.92 Å². The van der Waals surface area contributed by atoms with Crippen molar-refractivity contribution in [3.8, 4) is 0 Å². The molecule has 0 bridgehead atoms. The van der Waals surface area contributed by atoms with Gasteiger partial charge in [-0.05, 0) is 42.5 Å². The minimum absolute atomic E-state index is 0.180. The summed E-state index contributed by atoms with van der Waals surface area (Å²) >= 11 is 0. The fourth-order valence-corrected chi connectivity index (χ4v) is 1.93. The molecule has 0 spiro atoms. The minimum atomic E-state index is -0.679. The average molecular weight is 312 g/mol. The van der Waals surface area contributed by atoms with Crippen LogP contribution in [0.15, 0.2) is 48.5 Å². The summed E-state index contributed by atoms with van der Waals surface area (Å²) in [5.74, 6) is -0.489. The van der Waals surface area contributed by atoms with Gasteiger partial charge in [-0.3, -0.25) is 9.59 Å². The molecule has 0 aliphatic heterocycles. The number of urea groups is 1. The zero-order valence-electron chi connectivity index (χ0n) is 12.4. The summed E-state index contributed by atoms with van der Waals surface area (Å²) < 4.78 is 0. The molecule has 0 fully saturated rings. The largest absolute Gasteiger partial charge is 0.351 e. The van der Waals surface area contributed by atoms with Gasteiger partial charge in [0.25, 0.3) is 5.91 Å². The van der Waals surface area contributed by atoms with Gasteiger partial charge < -0.3 is 21.7 Å². The van der Waals surface area contributed by atoms with Crippen molar-refractivity contribution in [1.29, 1.82) is 0 Å². The van der Waals surface area contributed by atoms with E-state index in [0.29, 0.717) is 22.6 Å². The van der Waals surface area contributed by atoms with Crippen LogP contribution in [0.2, 0.25) is 0 Å². The Balaban J connectivity index is 2.06. The first-order chi connectivity index (χ1) is 10.9. The predicted octanol–water partition coefficient (Wildman–Crippen LogP) is 2.39. The number of carbonyl (C=O) groups excluding carboxylic acids is 3. The van der Waals surface area contributed by atoms with E-state index in [0.717, 1.165) is 0 Å². The maximum absolute atomic E-state index is 12.2. The van der Waals surface area contributed by atoms with Crippen molar-refractivity contribution in [3.63, 3.8) is 0 Å². The number of nitrogens with one attached hydrogen (secondary N) is 3. The molecule has 0 heterocycles. The van der Waals surface area contributed by atoms with Crippen LogP contribution in [-0.2, 0) is 4.79 Å². The molecule has 0 aromatic heterocycles. The molecule has 7 nitrogen and oxygen atoms in total. The van der Waals surface area contributed by atoms with Crippen LogP contribution in [0.5, 0.6) is 0 Å². The molecule has 0 saturated heterocycles. The van der Waals surface area contributed by atoms with Crippen LogP contribution in [0, 0.1) is 0 Å². The lowest BCUT2D eigenvalue weighted by atomic mass is 10.2. The Bertz CT molecular complexity index is 741. The summed E-state index contributed by atoms with van der Waals surface area (Å²) in [7, 11) is 0. The molecule has 0 atom stereocenters. The number of carbonyl (C=O) groups is 3. The molecule has 2 aromatic carbocycles. The highest BCUT2D eigenvalue weighted by Gasteiger charge is 2.07. The van der Waals surface area contributed by atoms with Gasteiger partial charge in [0.15, 0.2) is 0 Å².